The van der Waals surface area contributed by atoms with Gasteiger partial charge in [0.2, 0.25) is 5.91 Å². The number of rotatable bonds is 7. The normalized spacial score (nSPS) is 43.5. The van der Waals surface area contributed by atoms with Gasteiger partial charge in [0.15, 0.2) is 0 Å². The monoisotopic (exact) mass is 545 g/mol. The van der Waals surface area contributed by atoms with E-state index < -0.39 is 15.9 Å². The van der Waals surface area contributed by atoms with Crippen LogP contribution in [-0.2, 0) is 14.9 Å². The first-order chi connectivity index (χ1) is 16.2. The summed E-state index contributed by atoms with van der Waals surface area (Å²) in [7, 11) is 2.61. The van der Waals surface area contributed by atoms with Crippen LogP contribution in [0.1, 0.15) is 91.9 Å². The third-order valence-corrected chi connectivity index (χ3v) is 13.4. The Kier molecular flexibility index (Phi) is 8.14. The van der Waals surface area contributed by atoms with Crippen molar-refractivity contribution in [1.29, 1.82) is 0 Å². The summed E-state index contributed by atoms with van der Waals surface area (Å²) in [5, 5.41) is 2.65. The molecule has 0 spiro atoms. The van der Waals surface area contributed by atoms with Gasteiger partial charge in [0.25, 0.3) is 10.1 Å². The summed E-state index contributed by atoms with van der Waals surface area (Å²) >= 11 is 0. The molecular weight excluding hydrogens is 496 g/mol. The highest BCUT2D eigenvalue weighted by molar-refractivity contribution is 7.85. The summed E-state index contributed by atoms with van der Waals surface area (Å²) in [5.41, 5.74) is 0.838. The molecule has 202 valence electrons. The maximum atomic E-state index is 12.3. The van der Waals surface area contributed by atoms with Crippen LogP contribution in [0, 0.1) is 52.3 Å². The Morgan fingerprint density at radius 1 is 1.09 bits per heavy atom. The molecule has 4 aliphatic carbocycles. The van der Waals surface area contributed by atoms with Crippen LogP contribution < -0.4 is 5.32 Å². The summed E-state index contributed by atoms with van der Waals surface area (Å²) in [6, 6.07) is 0. The number of fused-ring (bicyclic) bond motifs is 5. The molecule has 35 heavy (non-hydrogen) atoms. The molecule has 11 unspecified atom stereocenters. The molecular formula is C27H49NO4P2S. The molecule has 2 N–H and O–H groups in total. The molecule has 0 aromatic carbocycles. The molecule has 8 heteroatoms. The predicted molar refractivity (Wildman–Crippen MR) is 150 cm³/mol. The van der Waals surface area contributed by atoms with Gasteiger partial charge >= 0.3 is 0 Å². The Bertz CT molecular complexity index is 911. The lowest BCUT2D eigenvalue weighted by Gasteiger charge is -2.66. The van der Waals surface area contributed by atoms with Crippen LogP contribution >= 0.6 is 18.5 Å². The standard InChI is InChI=1S/C27H49NO4P2S/c1-17-9-11-25(3)19(15-17)16-27(33,34)24-21-7-6-20(26(21,4)12-10-22(24)25)18(2)5-8-23(29)28-13-14-35(30,31)32/h17-22,24H,5-16,33-34H2,1-4H3,(H,28,29)(H,30,31,32). The predicted octanol–water partition coefficient (Wildman–Crippen LogP) is 5.76. The molecule has 4 saturated carbocycles. The molecule has 11 atom stereocenters. The maximum absolute atomic E-state index is 12.3. The second kappa shape index (κ2) is 10.1. The first-order valence-electron chi connectivity index (χ1n) is 14.0. The van der Waals surface area contributed by atoms with E-state index in [0.29, 0.717) is 29.1 Å². The minimum atomic E-state index is -4.04. The Hall–Kier alpha value is 0.240. The van der Waals surface area contributed by atoms with Crippen LogP contribution in [0.5, 0.6) is 0 Å². The van der Waals surface area contributed by atoms with E-state index in [0.717, 1.165) is 36.0 Å². The van der Waals surface area contributed by atoms with E-state index in [1.54, 1.807) is 0 Å². The molecule has 0 radical (unpaired) electrons. The third-order valence-electron chi connectivity index (χ3n) is 11.4. The highest BCUT2D eigenvalue weighted by Crippen LogP contribution is 2.73. The van der Waals surface area contributed by atoms with Crippen molar-refractivity contribution in [3.05, 3.63) is 0 Å². The molecule has 1 amide bonds. The van der Waals surface area contributed by atoms with Crippen molar-refractivity contribution in [2.24, 2.45) is 52.3 Å². The van der Waals surface area contributed by atoms with Crippen molar-refractivity contribution in [2.75, 3.05) is 12.3 Å². The van der Waals surface area contributed by atoms with Crippen molar-refractivity contribution >= 4 is 34.5 Å². The first-order valence-corrected chi connectivity index (χ1v) is 16.7. The topological polar surface area (TPSA) is 83.5 Å². The third kappa shape index (κ3) is 5.53. The van der Waals surface area contributed by atoms with Gasteiger partial charge < -0.3 is 5.32 Å². The molecule has 5 nitrogen and oxygen atoms in total. The number of hydrogen-bond acceptors (Lipinski definition) is 3. The number of amides is 1. The Labute approximate surface area is 218 Å². The van der Waals surface area contributed by atoms with E-state index in [2.05, 4.69) is 51.5 Å². The fourth-order valence-electron chi connectivity index (χ4n) is 9.57. The zero-order chi connectivity index (χ0) is 25.8. The second-order valence-corrected chi connectivity index (χ2v) is 17.9. The van der Waals surface area contributed by atoms with Crippen LogP contribution in [0.25, 0.3) is 0 Å². The quantitative estimate of drug-likeness (QED) is 0.315. The van der Waals surface area contributed by atoms with Gasteiger partial charge in [-0.3, -0.25) is 9.35 Å². The first kappa shape index (κ1) is 28.3. The van der Waals surface area contributed by atoms with Crippen molar-refractivity contribution in [3.8, 4) is 0 Å². The lowest BCUT2D eigenvalue weighted by atomic mass is 9.43. The van der Waals surface area contributed by atoms with Gasteiger partial charge in [-0.15, -0.1) is 18.5 Å². The average molecular weight is 546 g/mol. The molecule has 4 aliphatic rings. The van der Waals surface area contributed by atoms with Gasteiger partial charge in [-0.05, 0) is 104 Å². The number of nitrogens with one attached hydrogen (secondary N) is 1. The molecule has 0 bridgehead atoms. The van der Waals surface area contributed by atoms with E-state index in [9.17, 15) is 13.2 Å². The van der Waals surface area contributed by atoms with Crippen LogP contribution in [0.15, 0.2) is 0 Å². The minimum absolute atomic E-state index is 0.0265. The zero-order valence-electron chi connectivity index (χ0n) is 22.3. The largest absolute Gasteiger partial charge is 0.355 e. The fourth-order valence-corrected chi connectivity index (χ4v) is 11.4. The molecule has 4 rings (SSSR count). The summed E-state index contributed by atoms with van der Waals surface area (Å²) in [4.78, 5) is 12.5. The zero-order valence-corrected chi connectivity index (χ0v) is 25.4. The van der Waals surface area contributed by atoms with Crippen LogP contribution in [0.4, 0.5) is 0 Å². The molecule has 0 aliphatic heterocycles. The molecule has 0 saturated heterocycles. The van der Waals surface area contributed by atoms with E-state index in [4.69, 9.17) is 4.55 Å². The van der Waals surface area contributed by atoms with Crippen LogP contribution in [-0.4, -0.2) is 36.1 Å². The van der Waals surface area contributed by atoms with E-state index in [-0.39, 0.29) is 17.3 Å². The van der Waals surface area contributed by atoms with E-state index in [1.165, 1.54) is 51.4 Å². The average Bonchev–Trinajstić information content (AvgIpc) is 3.09. The molecule has 0 aromatic rings. The summed E-state index contributed by atoms with van der Waals surface area (Å²) < 4.78 is 30.6. The number of hydrogen-bond donors (Lipinski definition) is 2. The highest BCUT2D eigenvalue weighted by Gasteiger charge is 2.64. The Morgan fingerprint density at radius 3 is 2.43 bits per heavy atom. The summed E-state index contributed by atoms with van der Waals surface area (Å²) in [5.74, 6) is 4.61. The van der Waals surface area contributed by atoms with Gasteiger partial charge in [0, 0.05) is 17.9 Å². The fraction of sp³-hybridized carbons (Fsp3) is 0.963. The SMILES string of the molecule is CC1CCC2(C)C(C1)CC(P)(P)C1C2CCC2(C)C(C(C)CCC(=O)NCCS(=O)(=O)O)CCC12. The second-order valence-electron chi connectivity index (χ2n) is 13.5. The number of carbonyl (C=O) groups excluding carboxylic acids is 1. The van der Waals surface area contributed by atoms with Crippen molar-refractivity contribution in [2.45, 2.75) is 96.8 Å². The van der Waals surface area contributed by atoms with Crippen molar-refractivity contribution < 1.29 is 17.8 Å². The minimum Gasteiger partial charge on any atom is -0.355 e. The van der Waals surface area contributed by atoms with Gasteiger partial charge in [-0.25, -0.2) is 0 Å². The lowest BCUT2D eigenvalue weighted by molar-refractivity contribution is -0.124. The van der Waals surface area contributed by atoms with Crippen molar-refractivity contribution in [1.82, 2.24) is 5.32 Å². The molecule has 0 heterocycles. The molecule has 0 aromatic heterocycles. The summed E-state index contributed by atoms with van der Waals surface area (Å²) in [6.07, 6.45) is 12.0. The number of carbonyl (C=O) groups is 1. The maximum Gasteiger partial charge on any atom is 0.266 e. The smallest absolute Gasteiger partial charge is 0.266 e. The van der Waals surface area contributed by atoms with Crippen LogP contribution in [0.2, 0.25) is 0 Å². The van der Waals surface area contributed by atoms with Gasteiger partial charge in [0.1, 0.15) is 0 Å². The van der Waals surface area contributed by atoms with Gasteiger partial charge in [-0.2, -0.15) is 8.42 Å². The lowest BCUT2D eigenvalue weighted by Crippen LogP contribution is -2.59. The van der Waals surface area contributed by atoms with E-state index >= 15 is 0 Å². The van der Waals surface area contributed by atoms with Crippen molar-refractivity contribution in [3.63, 3.8) is 0 Å². The van der Waals surface area contributed by atoms with E-state index in [1.807, 2.05) is 0 Å². The van der Waals surface area contributed by atoms with Gasteiger partial charge in [0.05, 0.1) is 5.75 Å². The van der Waals surface area contributed by atoms with Gasteiger partial charge in [-0.1, -0.05) is 34.1 Å². The summed E-state index contributed by atoms with van der Waals surface area (Å²) in [6.45, 7) is 9.96. The Morgan fingerprint density at radius 2 is 1.74 bits per heavy atom. The van der Waals surface area contributed by atoms with Crippen LogP contribution in [0.3, 0.4) is 0 Å². The Balaban J connectivity index is 1.43. The highest BCUT2D eigenvalue weighted by atomic mass is 32.2. The molecule has 4 fully saturated rings.